The number of thiazole rings is 1. The summed E-state index contributed by atoms with van der Waals surface area (Å²) in [6.45, 7) is 8.82. The zero-order valence-corrected chi connectivity index (χ0v) is 13.6. The van der Waals surface area contributed by atoms with Gasteiger partial charge in [0, 0.05) is 19.1 Å². The fourth-order valence-corrected chi connectivity index (χ4v) is 3.56. The van der Waals surface area contributed by atoms with Crippen molar-refractivity contribution < 1.29 is 4.79 Å². The van der Waals surface area contributed by atoms with E-state index in [-0.39, 0.29) is 5.91 Å². The maximum Gasteiger partial charge on any atom is 0.265 e. The van der Waals surface area contributed by atoms with E-state index in [0.29, 0.717) is 6.04 Å². The van der Waals surface area contributed by atoms with Gasteiger partial charge in [-0.1, -0.05) is 13.3 Å². The molecule has 0 saturated carbocycles. The van der Waals surface area contributed by atoms with Crippen molar-refractivity contribution in [3.05, 3.63) is 15.6 Å². The molecule has 2 rings (SSSR count). The van der Waals surface area contributed by atoms with Gasteiger partial charge in [-0.3, -0.25) is 4.79 Å². The molecule has 4 nitrogen and oxygen atoms in total. The van der Waals surface area contributed by atoms with Crippen LogP contribution in [0.25, 0.3) is 0 Å². The van der Waals surface area contributed by atoms with Crippen LogP contribution in [0, 0.1) is 13.8 Å². The number of hydrogen-bond donors (Lipinski definition) is 1. The normalized spacial score (nSPS) is 18.4. The average Bonchev–Trinajstić information content (AvgIpc) is 3.03. The van der Waals surface area contributed by atoms with Crippen LogP contribution in [0.5, 0.6) is 0 Å². The van der Waals surface area contributed by atoms with E-state index in [9.17, 15) is 4.79 Å². The first-order valence-corrected chi connectivity index (χ1v) is 8.40. The predicted octanol–water partition coefficient (Wildman–Crippen LogP) is 2.75. The van der Waals surface area contributed by atoms with Crippen LogP contribution in [0.15, 0.2) is 0 Å². The Bertz CT molecular complexity index is 452. The number of unbranched alkanes of at least 4 members (excludes halogenated alkanes) is 1. The number of aromatic nitrogens is 1. The lowest BCUT2D eigenvalue weighted by molar-refractivity contribution is 0.0743. The van der Waals surface area contributed by atoms with Crippen LogP contribution in [0.4, 0.5) is 0 Å². The monoisotopic (exact) mass is 295 g/mol. The molecule has 0 spiro atoms. The van der Waals surface area contributed by atoms with E-state index < -0.39 is 0 Å². The molecule has 1 aliphatic heterocycles. The smallest absolute Gasteiger partial charge is 0.265 e. The summed E-state index contributed by atoms with van der Waals surface area (Å²) in [5.41, 5.74) is 0.873. The van der Waals surface area contributed by atoms with E-state index in [1.165, 1.54) is 24.2 Å². The number of nitrogens with one attached hydrogen (secondary N) is 1. The second-order valence-corrected chi connectivity index (χ2v) is 6.75. The fraction of sp³-hybridized carbons (Fsp3) is 0.733. The number of carbonyl (C=O) groups is 1. The highest BCUT2D eigenvalue weighted by atomic mass is 32.1. The van der Waals surface area contributed by atoms with Gasteiger partial charge >= 0.3 is 0 Å². The SMILES string of the molecule is CCCCN(CC1CCCN1)C(=O)c1sc(C)nc1C. The molecule has 1 fully saturated rings. The molecule has 1 saturated heterocycles. The topological polar surface area (TPSA) is 45.2 Å². The summed E-state index contributed by atoms with van der Waals surface area (Å²) in [4.78, 5) is 20.0. The lowest BCUT2D eigenvalue weighted by Gasteiger charge is -2.25. The zero-order chi connectivity index (χ0) is 14.5. The molecule has 0 aromatic carbocycles. The molecule has 0 radical (unpaired) electrons. The maximum absolute atomic E-state index is 12.7. The Hall–Kier alpha value is -0.940. The minimum absolute atomic E-state index is 0.162. The highest BCUT2D eigenvalue weighted by Gasteiger charge is 2.24. The average molecular weight is 295 g/mol. The van der Waals surface area contributed by atoms with E-state index in [1.807, 2.05) is 18.7 Å². The fourth-order valence-electron chi connectivity index (χ4n) is 2.68. The van der Waals surface area contributed by atoms with Gasteiger partial charge in [0.1, 0.15) is 4.88 Å². The molecule has 1 aromatic rings. The molecule has 5 heteroatoms. The summed E-state index contributed by atoms with van der Waals surface area (Å²) < 4.78 is 0. The molecule has 1 atom stereocenters. The Kier molecular flexibility index (Phi) is 5.54. The number of rotatable bonds is 6. The number of carbonyl (C=O) groups excluding carboxylic acids is 1. The first-order valence-electron chi connectivity index (χ1n) is 7.58. The number of amides is 1. The molecule has 0 bridgehead atoms. The molecule has 2 heterocycles. The third-order valence-electron chi connectivity index (χ3n) is 3.77. The lowest BCUT2D eigenvalue weighted by atomic mass is 10.2. The van der Waals surface area contributed by atoms with Gasteiger partial charge in [0.15, 0.2) is 0 Å². The summed E-state index contributed by atoms with van der Waals surface area (Å²) in [5, 5.41) is 4.46. The molecule has 1 aliphatic rings. The molecule has 20 heavy (non-hydrogen) atoms. The van der Waals surface area contributed by atoms with Crippen molar-refractivity contribution in [3.63, 3.8) is 0 Å². The summed E-state index contributed by atoms with van der Waals surface area (Å²) in [6.07, 6.45) is 4.58. The van der Waals surface area contributed by atoms with Crippen molar-refractivity contribution in [2.45, 2.75) is 52.5 Å². The third-order valence-corrected chi connectivity index (χ3v) is 4.83. The van der Waals surface area contributed by atoms with Crippen LogP contribution in [-0.4, -0.2) is 41.5 Å². The van der Waals surface area contributed by atoms with Crippen molar-refractivity contribution in [2.24, 2.45) is 0 Å². The first-order chi connectivity index (χ1) is 9.61. The minimum Gasteiger partial charge on any atom is -0.336 e. The first kappa shape index (κ1) is 15.4. The Morgan fingerprint density at radius 1 is 1.50 bits per heavy atom. The molecular weight excluding hydrogens is 270 g/mol. The summed E-state index contributed by atoms with van der Waals surface area (Å²) in [7, 11) is 0. The zero-order valence-electron chi connectivity index (χ0n) is 12.7. The molecule has 1 aromatic heterocycles. The quantitative estimate of drug-likeness (QED) is 0.877. The van der Waals surface area contributed by atoms with Crippen molar-refractivity contribution in [1.29, 1.82) is 0 Å². The number of hydrogen-bond acceptors (Lipinski definition) is 4. The maximum atomic E-state index is 12.7. The van der Waals surface area contributed by atoms with Gasteiger partial charge < -0.3 is 10.2 Å². The van der Waals surface area contributed by atoms with Gasteiger partial charge in [0.25, 0.3) is 5.91 Å². The van der Waals surface area contributed by atoms with Crippen LogP contribution in [0.1, 0.15) is 53.0 Å². The van der Waals surface area contributed by atoms with Crippen LogP contribution >= 0.6 is 11.3 Å². The highest BCUT2D eigenvalue weighted by Crippen LogP contribution is 2.20. The van der Waals surface area contributed by atoms with Gasteiger partial charge in [0.2, 0.25) is 0 Å². The summed E-state index contributed by atoms with van der Waals surface area (Å²) >= 11 is 1.52. The van der Waals surface area contributed by atoms with Crippen molar-refractivity contribution in [3.8, 4) is 0 Å². The van der Waals surface area contributed by atoms with E-state index >= 15 is 0 Å². The Labute approximate surface area is 125 Å². The van der Waals surface area contributed by atoms with Gasteiger partial charge in [-0.2, -0.15) is 0 Å². The van der Waals surface area contributed by atoms with Gasteiger partial charge in [0.05, 0.1) is 10.7 Å². The number of aryl methyl sites for hydroxylation is 2. The molecule has 1 unspecified atom stereocenters. The lowest BCUT2D eigenvalue weighted by Crippen LogP contribution is -2.41. The second kappa shape index (κ2) is 7.18. The Morgan fingerprint density at radius 2 is 2.30 bits per heavy atom. The van der Waals surface area contributed by atoms with Crippen LogP contribution in [-0.2, 0) is 0 Å². The van der Waals surface area contributed by atoms with Crippen molar-refractivity contribution in [1.82, 2.24) is 15.2 Å². The van der Waals surface area contributed by atoms with Crippen molar-refractivity contribution >= 4 is 17.2 Å². The van der Waals surface area contributed by atoms with Crippen LogP contribution in [0.3, 0.4) is 0 Å². The predicted molar refractivity (Wildman–Crippen MR) is 83.4 cm³/mol. The van der Waals surface area contributed by atoms with E-state index in [2.05, 4.69) is 17.2 Å². The minimum atomic E-state index is 0.162. The molecule has 112 valence electrons. The number of nitrogens with zero attached hydrogens (tertiary/aromatic N) is 2. The molecule has 0 aliphatic carbocycles. The largest absolute Gasteiger partial charge is 0.336 e. The standard InChI is InChI=1S/C15H25N3OS/c1-4-5-9-18(10-13-7-6-8-16-13)15(19)14-11(2)17-12(3)20-14/h13,16H,4-10H2,1-3H3. The molecule has 1 amide bonds. The highest BCUT2D eigenvalue weighted by molar-refractivity contribution is 7.13. The third kappa shape index (κ3) is 3.79. The van der Waals surface area contributed by atoms with Crippen LogP contribution < -0.4 is 5.32 Å². The van der Waals surface area contributed by atoms with Gasteiger partial charge in [-0.15, -0.1) is 11.3 Å². The van der Waals surface area contributed by atoms with E-state index in [0.717, 1.165) is 48.1 Å². The molecular formula is C15H25N3OS. The molecule has 1 N–H and O–H groups in total. The van der Waals surface area contributed by atoms with E-state index in [4.69, 9.17) is 0 Å². The van der Waals surface area contributed by atoms with Gasteiger partial charge in [-0.25, -0.2) is 4.98 Å². The van der Waals surface area contributed by atoms with Crippen molar-refractivity contribution in [2.75, 3.05) is 19.6 Å². The van der Waals surface area contributed by atoms with E-state index in [1.54, 1.807) is 0 Å². The summed E-state index contributed by atoms with van der Waals surface area (Å²) in [6, 6.07) is 0.463. The Morgan fingerprint density at radius 3 is 2.85 bits per heavy atom. The summed E-state index contributed by atoms with van der Waals surface area (Å²) in [5.74, 6) is 0.162. The van der Waals surface area contributed by atoms with Gasteiger partial charge in [-0.05, 0) is 39.7 Å². The Balaban J connectivity index is 2.07. The second-order valence-electron chi connectivity index (χ2n) is 5.55. The van der Waals surface area contributed by atoms with Crippen LogP contribution in [0.2, 0.25) is 0 Å².